The predicted molar refractivity (Wildman–Crippen MR) is 130 cm³/mol. The number of hydrogen-bond acceptors (Lipinski definition) is 3. The second-order valence-corrected chi connectivity index (χ2v) is 8.65. The van der Waals surface area contributed by atoms with E-state index in [4.69, 9.17) is 21.1 Å². The first-order chi connectivity index (χ1) is 15.3. The van der Waals surface area contributed by atoms with Gasteiger partial charge in [0.25, 0.3) is 5.91 Å². The van der Waals surface area contributed by atoms with Crippen molar-refractivity contribution in [1.82, 2.24) is 5.32 Å². The van der Waals surface area contributed by atoms with Gasteiger partial charge in [0.05, 0.1) is 18.7 Å². The summed E-state index contributed by atoms with van der Waals surface area (Å²) in [4.78, 5) is 13.2. The Morgan fingerprint density at radius 1 is 0.969 bits per heavy atom. The molecule has 1 N–H and O–H groups in total. The van der Waals surface area contributed by atoms with Crippen LogP contribution in [0.4, 0.5) is 0 Å². The van der Waals surface area contributed by atoms with Crippen LogP contribution in [-0.2, 0) is 6.61 Å². The fourth-order valence-corrected chi connectivity index (χ4v) is 3.88. The molecule has 168 valence electrons. The van der Waals surface area contributed by atoms with Crippen molar-refractivity contribution in [2.24, 2.45) is 0 Å². The van der Waals surface area contributed by atoms with Crippen LogP contribution < -0.4 is 14.8 Å². The SMILES string of the molecule is COc1cc(C)c([C@@H](C)NC(=O)c2cc(Cl)ccc2OCc2ccccc2)cc1C(C)C. The molecule has 3 aromatic carbocycles. The van der Waals surface area contributed by atoms with Gasteiger partial charge < -0.3 is 14.8 Å². The molecule has 0 bridgehead atoms. The summed E-state index contributed by atoms with van der Waals surface area (Å²) < 4.78 is 11.5. The maximum absolute atomic E-state index is 13.2. The first kappa shape index (κ1) is 23.7. The van der Waals surface area contributed by atoms with Gasteiger partial charge in [-0.2, -0.15) is 0 Å². The molecular formula is C27H30ClNO3. The van der Waals surface area contributed by atoms with Gasteiger partial charge in [0.1, 0.15) is 18.1 Å². The fraction of sp³-hybridized carbons (Fsp3) is 0.296. The zero-order valence-corrected chi connectivity index (χ0v) is 20.0. The second kappa shape index (κ2) is 10.6. The summed E-state index contributed by atoms with van der Waals surface area (Å²) in [7, 11) is 1.68. The number of nitrogens with one attached hydrogen (secondary N) is 1. The summed E-state index contributed by atoms with van der Waals surface area (Å²) in [6.45, 7) is 8.63. The molecule has 0 unspecified atom stereocenters. The molecule has 0 saturated heterocycles. The zero-order chi connectivity index (χ0) is 23.3. The van der Waals surface area contributed by atoms with Crippen LogP contribution in [0.2, 0.25) is 5.02 Å². The average molecular weight is 452 g/mol. The number of carbonyl (C=O) groups excluding carboxylic acids is 1. The van der Waals surface area contributed by atoms with Crippen LogP contribution in [0.25, 0.3) is 0 Å². The molecule has 0 fully saturated rings. The first-order valence-corrected chi connectivity index (χ1v) is 11.1. The molecule has 0 aliphatic carbocycles. The van der Waals surface area contributed by atoms with Crippen LogP contribution in [0.15, 0.2) is 60.7 Å². The summed E-state index contributed by atoms with van der Waals surface area (Å²) >= 11 is 6.20. The number of aryl methyl sites for hydroxylation is 1. The summed E-state index contributed by atoms with van der Waals surface area (Å²) in [5.41, 5.74) is 4.67. The van der Waals surface area contributed by atoms with Crippen LogP contribution in [0.3, 0.4) is 0 Å². The second-order valence-electron chi connectivity index (χ2n) is 8.22. The lowest BCUT2D eigenvalue weighted by atomic mass is 9.93. The number of amides is 1. The van der Waals surface area contributed by atoms with Crippen LogP contribution in [0, 0.1) is 6.92 Å². The van der Waals surface area contributed by atoms with Crippen molar-refractivity contribution in [3.63, 3.8) is 0 Å². The highest BCUT2D eigenvalue weighted by Gasteiger charge is 2.20. The number of hydrogen-bond donors (Lipinski definition) is 1. The first-order valence-electron chi connectivity index (χ1n) is 10.8. The number of halogens is 1. The van der Waals surface area contributed by atoms with Crippen molar-refractivity contribution in [3.05, 3.63) is 93.5 Å². The van der Waals surface area contributed by atoms with E-state index >= 15 is 0 Å². The summed E-state index contributed by atoms with van der Waals surface area (Å²) in [5, 5.41) is 3.59. The molecule has 5 heteroatoms. The normalized spacial score (nSPS) is 11.8. The maximum Gasteiger partial charge on any atom is 0.255 e. The van der Waals surface area contributed by atoms with Gasteiger partial charge in [0.15, 0.2) is 0 Å². The van der Waals surface area contributed by atoms with E-state index in [1.807, 2.05) is 50.2 Å². The largest absolute Gasteiger partial charge is 0.496 e. The van der Waals surface area contributed by atoms with Crippen LogP contribution in [0.1, 0.15) is 65.3 Å². The predicted octanol–water partition coefficient (Wildman–Crippen LogP) is 6.85. The van der Waals surface area contributed by atoms with Crippen molar-refractivity contribution < 1.29 is 14.3 Å². The van der Waals surface area contributed by atoms with Gasteiger partial charge in [-0.05, 0) is 72.4 Å². The fourth-order valence-electron chi connectivity index (χ4n) is 3.70. The topological polar surface area (TPSA) is 47.6 Å². The maximum atomic E-state index is 13.2. The molecule has 3 aromatic rings. The van der Waals surface area contributed by atoms with Gasteiger partial charge in [0, 0.05) is 5.02 Å². The minimum Gasteiger partial charge on any atom is -0.496 e. The van der Waals surface area contributed by atoms with Crippen molar-refractivity contribution in [3.8, 4) is 11.5 Å². The quantitative estimate of drug-likeness (QED) is 0.407. The molecule has 1 atom stereocenters. The zero-order valence-electron chi connectivity index (χ0n) is 19.2. The Kier molecular flexibility index (Phi) is 7.81. The van der Waals surface area contributed by atoms with E-state index in [1.165, 1.54) is 0 Å². The van der Waals surface area contributed by atoms with E-state index in [9.17, 15) is 4.79 Å². The Hall–Kier alpha value is -2.98. The van der Waals surface area contributed by atoms with Gasteiger partial charge >= 0.3 is 0 Å². The molecule has 0 aliphatic rings. The summed E-state index contributed by atoms with van der Waals surface area (Å²) in [5.74, 6) is 1.44. The third kappa shape index (κ3) is 5.63. The molecule has 0 heterocycles. The highest BCUT2D eigenvalue weighted by Crippen LogP contribution is 2.32. The molecule has 0 aliphatic heterocycles. The van der Waals surface area contributed by atoms with E-state index in [2.05, 4.69) is 25.2 Å². The lowest BCUT2D eigenvalue weighted by Crippen LogP contribution is -2.27. The molecule has 0 aromatic heterocycles. The lowest BCUT2D eigenvalue weighted by Gasteiger charge is -2.21. The van der Waals surface area contributed by atoms with Crippen LogP contribution in [-0.4, -0.2) is 13.0 Å². The van der Waals surface area contributed by atoms with E-state index < -0.39 is 0 Å². The molecule has 3 rings (SSSR count). The molecular weight excluding hydrogens is 422 g/mol. The van der Waals surface area contributed by atoms with E-state index in [1.54, 1.807) is 25.3 Å². The molecule has 1 amide bonds. The highest BCUT2D eigenvalue weighted by molar-refractivity contribution is 6.31. The number of rotatable bonds is 8. The molecule has 4 nitrogen and oxygen atoms in total. The van der Waals surface area contributed by atoms with E-state index in [0.717, 1.165) is 28.0 Å². The number of benzene rings is 3. The minimum atomic E-state index is -0.232. The van der Waals surface area contributed by atoms with Gasteiger partial charge in [-0.15, -0.1) is 0 Å². The Morgan fingerprint density at radius 3 is 2.34 bits per heavy atom. The van der Waals surface area contributed by atoms with Gasteiger partial charge in [-0.1, -0.05) is 55.8 Å². The highest BCUT2D eigenvalue weighted by atomic mass is 35.5. The van der Waals surface area contributed by atoms with Crippen molar-refractivity contribution in [1.29, 1.82) is 0 Å². The number of ether oxygens (including phenoxy) is 2. The van der Waals surface area contributed by atoms with E-state index in [-0.39, 0.29) is 11.9 Å². The van der Waals surface area contributed by atoms with Gasteiger partial charge in [-0.25, -0.2) is 0 Å². The van der Waals surface area contributed by atoms with Crippen molar-refractivity contribution in [2.45, 2.75) is 46.3 Å². The Morgan fingerprint density at radius 2 is 1.69 bits per heavy atom. The number of methoxy groups -OCH3 is 1. The monoisotopic (exact) mass is 451 g/mol. The molecule has 32 heavy (non-hydrogen) atoms. The third-order valence-electron chi connectivity index (χ3n) is 5.48. The summed E-state index contributed by atoms with van der Waals surface area (Å²) in [6.07, 6.45) is 0. The molecule has 0 radical (unpaired) electrons. The van der Waals surface area contributed by atoms with Gasteiger partial charge in [-0.3, -0.25) is 4.79 Å². The Labute approximate surface area is 195 Å². The standard InChI is InChI=1S/C27H30ClNO3/c1-17(2)22-15-23(18(3)13-26(22)31-5)19(4)29-27(30)24-14-21(28)11-12-25(24)32-16-20-9-7-6-8-10-20/h6-15,17,19H,16H2,1-5H3,(H,29,30)/t19-/m1/s1. The Balaban J connectivity index is 1.82. The third-order valence-corrected chi connectivity index (χ3v) is 5.71. The Bertz CT molecular complexity index is 1080. The number of carbonyl (C=O) groups is 1. The van der Waals surface area contributed by atoms with Crippen LogP contribution >= 0.6 is 11.6 Å². The minimum absolute atomic E-state index is 0.202. The van der Waals surface area contributed by atoms with Gasteiger partial charge in [0.2, 0.25) is 0 Å². The van der Waals surface area contributed by atoms with E-state index in [0.29, 0.717) is 28.9 Å². The van der Waals surface area contributed by atoms with Crippen LogP contribution in [0.5, 0.6) is 11.5 Å². The average Bonchev–Trinajstić information content (AvgIpc) is 2.78. The summed E-state index contributed by atoms with van der Waals surface area (Å²) in [6, 6.07) is 18.9. The molecule has 0 saturated carbocycles. The lowest BCUT2D eigenvalue weighted by molar-refractivity contribution is 0.0935. The smallest absolute Gasteiger partial charge is 0.255 e. The van der Waals surface area contributed by atoms with Crippen molar-refractivity contribution in [2.75, 3.05) is 7.11 Å². The molecule has 0 spiro atoms. The van der Waals surface area contributed by atoms with Crippen molar-refractivity contribution >= 4 is 17.5 Å².